The number of aromatic nitrogens is 2. The Morgan fingerprint density at radius 3 is 3.21 bits per heavy atom. The second-order valence-corrected chi connectivity index (χ2v) is 4.85. The van der Waals surface area contributed by atoms with Gasteiger partial charge in [0.1, 0.15) is 17.7 Å². The van der Waals surface area contributed by atoms with Crippen molar-refractivity contribution in [1.82, 2.24) is 15.1 Å². The van der Waals surface area contributed by atoms with Gasteiger partial charge in [0.25, 0.3) is 0 Å². The van der Waals surface area contributed by atoms with Crippen molar-refractivity contribution >= 4 is 0 Å². The van der Waals surface area contributed by atoms with Gasteiger partial charge in [0, 0.05) is 43.9 Å². The first-order valence-corrected chi connectivity index (χ1v) is 6.34. The molecule has 0 amide bonds. The van der Waals surface area contributed by atoms with Crippen molar-refractivity contribution in [2.24, 2.45) is 7.05 Å². The van der Waals surface area contributed by atoms with Crippen LogP contribution in [0.15, 0.2) is 30.6 Å². The molecule has 1 N–H and O–H groups in total. The van der Waals surface area contributed by atoms with Crippen LogP contribution in [0.2, 0.25) is 0 Å². The van der Waals surface area contributed by atoms with Crippen LogP contribution < -0.4 is 10.1 Å². The molecule has 1 unspecified atom stereocenters. The van der Waals surface area contributed by atoms with Crippen LogP contribution in [0.3, 0.4) is 0 Å². The van der Waals surface area contributed by atoms with E-state index in [-0.39, 0.29) is 11.9 Å². The number of nitrogens with one attached hydrogen (secondary N) is 1. The largest absolute Gasteiger partial charge is 0.488 e. The number of hydrogen-bond acceptors (Lipinski definition) is 3. The van der Waals surface area contributed by atoms with Gasteiger partial charge in [-0.05, 0) is 18.2 Å². The fourth-order valence-corrected chi connectivity index (χ4v) is 2.34. The lowest BCUT2D eigenvalue weighted by Gasteiger charge is -2.11. The molecule has 0 bridgehead atoms. The molecule has 0 radical (unpaired) electrons. The molecule has 1 aromatic carbocycles. The van der Waals surface area contributed by atoms with Crippen molar-refractivity contribution in [3.8, 4) is 5.75 Å². The summed E-state index contributed by atoms with van der Waals surface area (Å²) in [6.45, 7) is 1.50. The fourth-order valence-electron chi connectivity index (χ4n) is 2.34. The van der Waals surface area contributed by atoms with Crippen LogP contribution in [0, 0.1) is 5.82 Å². The summed E-state index contributed by atoms with van der Waals surface area (Å²) in [5.41, 5.74) is 2.09. The molecule has 1 aliphatic heterocycles. The van der Waals surface area contributed by atoms with Crippen molar-refractivity contribution in [1.29, 1.82) is 0 Å². The predicted octanol–water partition coefficient (Wildman–Crippen LogP) is 1.65. The molecule has 0 fully saturated rings. The quantitative estimate of drug-likeness (QED) is 0.909. The van der Waals surface area contributed by atoms with Crippen molar-refractivity contribution in [3.05, 3.63) is 47.5 Å². The van der Waals surface area contributed by atoms with Gasteiger partial charge in [-0.3, -0.25) is 4.68 Å². The first kappa shape index (κ1) is 12.2. The highest BCUT2D eigenvalue weighted by Crippen LogP contribution is 2.28. The summed E-state index contributed by atoms with van der Waals surface area (Å²) in [6, 6.07) is 4.69. The summed E-state index contributed by atoms with van der Waals surface area (Å²) in [4.78, 5) is 0. The molecule has 100 valence electrons. The maximum absolute atomic E-state index is 13.1. The zero-order valence-electron chi connectivity index (χ0n) is 10.8. The lowest BCUT2D eigenvalue weighted by atomic mass is 10.1. The predicted molar refractivity (Wildman–Crippen MR) is 69.4 cm³/mol. The minimum absolute atomic E-state index is 0.0773. The van der Waals surface area contributed by atoms with Crippen molar-refractivity contribution in [2.75, 3.05) is 6.54 Å². The topological polar surface area (TPSA) is 39.1 Å². The summed E-state index contributed by atoms with van der Waals surface area (Å²) in [5, 5.41) is 7.45. The van der Waals surface area contributed by atoms with E-state index in [0.29, 0.717) is 0 Å². The van der Waals surface area contributed by atoms with Gasteiger partial charge in [0.05, 0.1) is 6.20 Å². The molecule has 1 atom stereocenters. The van der Waals surface area contributed by atoms with Gasteiger partial charge in [-0.2, -0.15) is 5.10 Å². The molecule has 0 saturated carbocycles. The normalized spacial score (nSPS) is 17.3. The molecule has 2 heterocycles. The fraction of sp³-hybridized carbons (Fsp3) is 0.357. The number of nitrogens with zero attached hydrogens (tertiary/aromatic N) is 2. The third-order valence-electron chi connectivity index (χ3n) is 3.22. The summed E-state index contributed by atoms with van der Waals surface area (Å²) in [5.74, 6) is 0.598. The molecule has 19 heavy (non-hydrogen) atoms. The molecule has 1 aliphatic rings. The average molecular weight is 261 g/mol. The molecule has 5 heteroatoms. The van der Waals surface area contributed by atoms with E-state index in [2.05, 4.69) is 10.4 Å². The molecule has 1 aromatic heterocycles. The van der Waals surface area contributed by atoms with Crippen LogP contribution in [0.1, 0.15) is 11.1 Å². The van der Waals surface area contributed by atoms with Crippen LogP contribution in [0.25, 0.3) is 0 Å². The van der Waals surface area contributed by atoms with Gasteiger partial charge in [0.15, 0.2) is 0 Å². The minimum Gasteiger partial charge on any atom is -0.488 e. The minimum atomic E-state index is -0.202. The van der Waals surface area contributed by atoms with E-state index >= 15 is 0 Å². The Morgan fingerprint density at radius 2 is 2.42 bits per heavy atom. The summed E-state index contributed by atoms with van der Waals surface area (Å²) >= 11 is 0. The lowest BCUT2D eigenvalue weighted by Crippen LogP contribution is -2.29. The van der Waals surface area contributed by atoms with E-state index in [4.69, 9.17) is 4.74 Å². The Morgan fingerprint density at radius 1 is 1.53 bits per heavy atom. The van der Waals surface area contributed by atoms with Gasteiger partial charge in [-0.25, -0.2) is 4.39 Å². The van der Waals surface area contributed by atoms with Gasteiger partial charge < -0.3 is 10.1 Å². The maximum atomic E-state index is 13.1. The zero-order valence-corrected chi connectivity index (χ0v) is 10.8. The van der Waals surface area contributed by atoms with Crippen molar-refractivity contribution in [3.63, 3.8) is 0 Å². The highest BCUT2D eigenvalue weighted by Gasteiger charge is 2.22. The summed E-state index contributed by atoms with van der Waals surface area (Å²) < 4.78 is 20.6. The van der Waals surface area contributed by atoms with Crippen molar-refractivity contribution < 1.29 is 9.13 Å². The van der Waals surface area contributed by atoms with E-state index in [0.717, 1.165) is 36.4 Å². The standard InChI is InChI=1S/C14H16FN3O/c1-18-9-10(7-17-18)6-16-8-13-5-11-4-12(15)2-3-14(11)19-13/h2-4,7,9,13,16H,5-6,8H2,1H3. The Labute approximate surface area is 111 Å². The number of aryl methyl sites for hydroxylation is 1. The Balaban J connectivity index is 1.51. The van der Waals surface area contributed by atoms with Crippen LogP contribution in [-0.2, 0) is 20.0 Å². The third-order valence-corrected chi connectivity index (χ3v) is 3.22. The second-order valence-electron chi connectivity index (χ2n) is 4.85. The summed E-state index contributed by atoms with van der Waals surface area (Å²) in [7, 11) is 1.90. The average Bonchev–Trinajstić information content (AvgIpc) is 2.95. The molecule has 3 rings (SSSR count). The number of fused-ring (bicyclic) bond motifs is 1. The number of hydrogen-bond donors (Lipinski definition) is 1. The molecule has 4 nitrogen and oxygen atoms in total. The van der Waals surface area contributed by atoms with Gasteiger partial charge in [0.2, 0.25) is 0 Å². The van der Waals surface area contributed by atoms with Gasteiger partial charge in [-0.1, -0.05) is 0 Å². The Bertz CT molecular complexity index is 582. The third kappa shape index (κ3) is 2.76. The maximum Gasteiger partial charge on any atom is 0.123 e. The number of halogens is 1. The molecular weight excluding hydrogens is 245 g/mol. The molecular formula is C14H16FN3O. The van der Waals surface area contributed by atoms with E-state index in [1.165, 1.54) is 6.07 Å². The highest BCUT2D eigenvalue weighted by molar-refractivity contribution is 5.37. The van der Waals surface area contributed by atoms with E-state index in [9.17, 15) is 4.39 Å². The van der Waals surface area contributed by atoms with E-state index in [1.807, 2.05) is 19.4 Å². The van der Waals surface area contributed by atoms with Gasteiger partial charge in [-0.15, -0.1) is 0 Å². The van der Waals surface area contributed by atoms with Crippen molar-refractivity contribution in [2.45, 2.75) is 19.1 Å². The highest BCUT2D eigenvalue weighted by atomic mass is 19.1. The lowest BCUT2D eigenvalue weighted by molar-refractivity contribution is 0.227. The first-order chi connectivity index (χ1) is 9.20. The van der Waals surface area contributed by atoms with Crippen LogP contribution >= 0.6 is 0 Å². The van der Waals surface area contributed by atoms with Gasteiger partial charge >= 0.3 is 0 Å². The van der Waals surface area contributed by atoms with E-state index in [1.54, 1.807) is 16.8 Å². The molecule has 0 saturated heterocycles. The SMILES string of the molecule is Cn1cc(CNCC2Cc3cc(F)ccc3O2)cn1. The van der Waals surface area contributed by atoms with Crippen LogP contribution in [0.4, 0.5) is 4.39 Å². The number of rotatable bonds is 4. The monoisotopic (exact) mass is 261 g/mol. The molecule has 2 aromatic rings. The zero-order chi connectivity index (χ0) is 13.2. The Hall–Kier alpha value is -1.88. The summed E-state index contributed by atoms with van der Waals surface area (Å²) in [6.07, 6.45) is 4.65. The van der Waals surface area contributed by atoms with Crippen LogP contribution in [-0.4, -0.2) is 22.4 Å². The first-order valence-electron chi connectivity index (χ1n) is 6.34. The Kier molecular flexibility index (Phi) is 3.21. The molecule has 0 aliphatic carbocycles. The number of benzene rings is 1. The van der Waals surface area contributed by atoms with Crippen LogP contribution in [0.5, 0.6) is 5.75 Å². The number of ether oxygens (including phenoxy) is 1. The van der Waals surface area contributed by atoms with E-state index < -0.39 is 0 Å². The second kappa shape index (κ2) is 5.01. The molecule has 0 spiro atoms. The smallest absolute Gasteiger partial charge is 0.123 e.